The summed E-state index contributed by atoms with van der Waals surface area (Å²) in [6.07, 6.45) is 1.05. The Hall–Kier alpha value is -2.30. The van der Waals surface area contributed by atoms with Crippen molar-refractivity contribution in [1.82, 2.24) is 0 Å². The maximum atomic E-state index is 14.2. The first-order chi connectivity index (χ1) is 14.3. The number of aryl methyl sites for hydroxylation is 2. The van der Waals surface area contributed by atoms with Crippen LogP contribution in [0, 0.1) is 18.7 Å². The molecule has 2 bridgehead atoms. The van der Waals surface area contributed by atoms with Gasteiger partial charge in [0.05, 0.1) is 12.2 Å². The third-order valence-corrected chi connectivity index (χ3v) is 6.96. The molecular formula is C26H29FO3. The van der Waals surface area contributed by atoms with Crippen LogP contribution in [0.2, 0.25) is 0 Å². The summed E-state index contributed by atoms with van der Waals surface area (Å²) in [5.74, 6) is -0.0296. The summed E-state index contributed by atoms with van der Waals surface area (Å²) >= 11 is 0. The Labute approximate surface area is 177 Å². The van der Waals surface area contributed by atoms with E-state index in [2.05, 4.69) is 19.9 Å². The van der Waals surface area contributed by atoms with Crippen LogP contribution in [-0.4, -0.2) is 31.2 Å². The van der Waals surface area contributed by atoms with Crippen LogP contribution in [0.25, 0.3) is 16.7 Å². The van der Waals surface area contributed by atoms with Crippen molar-refractivity contribution >= 4 is 11.4 Å². The molecule has 3 nitrogen and oxygen atoms in total. The highest BCUT2D eigenvalue weighted by atomic mass is 19.1. The number of Topliss-reactive ketones (excluding diaryl/α,β-unsaturated/α-hetero) is 1. The monoisotopic (exact) mass is 408 g/mol. The number of methoxy groups -OCH3 is 1. The van der Waals surface area contributed by atoms with Crippen LogP contribution < -0.4 is 0 Å². The maximum absolute atomic E-state index is 14.2. The molecule has 0 saturated carbocycles. The van der Waals surface area contributed by atoms with Crippen LogP contribution >= 0.6 is 0 Å². The van der Waals surface area contributed by atoms with Crippen LogP contribution in [0.5, 0.6) is 0 Å². The molecule has 1 fully saturated rings. The lowest BCUT2D eigenvalue weighted by Crippen LogP contribution is -2.41. The maximum Gasteiger partial charge on any atom is 0.192 e. The van der Waals surface area contributed by atoms with Gasteiger partial charge in [0.25, 0.3) is 0 Å². The molecule has 4 heteroatoms. The Bertz CT molecular complexity index is 1040. The van der Waals surface area contributed by atoms with Gasteiger partial charge in [-0.05, 0) is 79.1 Å². The zero-order valence-electron chi connectivity index (χ0n) is 18.3. The van der Waals surface area contributed by atoms with E-state index in [1.807, 2.05) is 25.1 Å². The van der Waals surface area contributed by atoms with Gasteiger partial charge in [0.1, 0.15) is 11.9 Å². The number of carbonyl (C=O) groups is 1. The molecule has 2 heterocycles. The molecule has 0 amide bonds. The van der Waals surface area contributed by atoms with Crippen molar-refractivity contribution in [3.8, 4) is 11.1 Å². The van der Waals surface area contributed by atoms with E-state index in [1.165, 1.54) is 0 Å². The molecule has 2 aliphatic rings. The molecule has 0 N–H and O–H groups in total. The standard InChI is InChI=1S/C26H29FO3/c1-6-17-9-10-18(19-8-7-15(2)22(27)12-19)11-21(17)24-16(3)26(4)20(14-29-5)13-23(30-26)25(24)28/h7-12,20,23H,6,13-14H2,1-5H3/t20?,23-,26-/m0/s1. The van der Waals surface area contributed by atoms with Crippen LogP contribution in [0.15, 0.2) is 42.0 Å². The van der Waals surface area contributed by atoms with Crippen molar-refractivity contribution in [2.75, 3.05) is 13.7 Å². The molecule has 0 aromatic heterocycles. The van der Waals surface area contributed by atoms with Crippen molar-refractivity contribution < 1.29 is 18.7 Å². The fraction of sp³-hybridized carbons (Fsp3) is 0.423. The zero-order valence-corrected chi connectivity index (χ0v) is 18.3. The number of hydrogen-bond acceptors (Lipinski definition) is 3. The number of ketones is 1. The molecule has 3 atom stereocenters. The summed E-state index contributed by atoms with van der Waals surface area (Å²) in [6, 6.07) is 11.4. The average Bonchev–Trinajstić information content (AvgIpc) is 3.04. The second kappa shape index (κ2) is 7.75. The van der Waals surface area contributed by atoms with Crippen molar-refractivity contribution in [3.05, 3.63) is 64.5 Å². The van der Waals surface area contributed by atoms with Crippen LogP contribution in [0.4, 0.5) is 4.39 Å². The van der Waals surface area contributed by atoms with Gasteiger partial charge in [0.15, 0.2) is 5.78 Å². The number of rotatable bonds is 5. The number of hydrogen-bond donors (Lipinski definition) is 0. The highest BCUT2D eigenvalue weighted by molar-refractivity contribution is 6.25. The summed E-state index contributed by atoms with van der Waals surface area (Å²) in [6.45, 7) is 8.49. The summed E-state index contributed by atoms with van der Waals surface area (Å²) in [7, 11) is 1.69. The van der Waals surface area contributed by atoms with Gasteiger partial charge in [-0.25, -0.2) is 4.39 Å². The topological polar surface area (TPSA) is 35.5 Å². The summed E-state index contributed by atoms with van der Waals surface area (Å²) in [5.41, 5.74) is 5.61. The van der Waals surface area contributed by atoms with Gasteiger partial charge in [-0.2, -0.15) is 0 Å². The smallest absolute Gasteiger partial charge is 0.192 e. The van der Waals surface area contributed by atoms with Gasteiger partial charge in [-0.3, -0.25) is 4.79 Å². The van der Waals surface area contributed by atoms with E-state index in [-0.39, 0.29) is 17.5 Å². The number of benzene rings is 2. The SMILES string of the molecule is CCc1ccc(-c2ccc(C)c(F)c2)cc1C1=C(C)[C@]2(C)O[C@@H](CC2COC)C1=O. The van der Waals surface area contributed by atoms with Gasteiger partial charge in [0.2, 0.25) is 0 Å². The largest absolute Gasteiger partial charge is 0.384 e. The molecule has 1 unspecified atom stereocenters. The molecule has 30 heavy (non-hydrogen) atoms. The van der Waals surface area contributed by atoms with E-state index in [0.717, 1.165) is 39.8 Å². The first-order valence-corrected chi connectivity index (χ1v) is 10.6. The lowest BCUT2D eigenvalue weighted by molar-refractivity contribution is -0.129. The molecule has 0 spiro atoms. The number of carbonyl (C=O) groups excluding carboxylic acids is 1. The van der Waals surface area contributed by atoms with Gasteiger partial charge >= 0.3 is 0 Å². The quantitative estimate of drug-likeness (QED) is 0.653. The third-order valence-electron chi connectivity index (χ3n) is 6.96. The normalized spacial score (nSPS) is 25.9. The van der Waals surface area contributed by atoms with Crippen LogP contribution in [0.1, 0.15) is 43.9 Å². The first-order valence-electron chi connectivity index (χ1n) is 10.6. The molecule has 4 rings (SSSR count). The fourth-order valence-corrected chi connectivity index (χ4v) is 4.90. The minimum absolute atomic E-state index is 0.0468. The first kappa shape index (κ1) is 21.0. The van der Waals surface area contributed by atoms with Crippen LogP contribution in [-0.2, 0) is 20.7 Å². The second-order valence-electron chi connectivity index (χ2n) is 8.66. The zero-order chi connectivity index (χ0) is 21.6. The van der Waals surface area contributed by atoms with E-state index in [1.54, 1.807) is 26.2 Å². The molecule has 0 aliphatic carbocycles. The molecular weight excluding hydrogens is 379 g/mol. The van der Waals surface area contributed by atoms with E-state index in [4.69, 9.17) is 9.47 Å². The van der Waals surface area contributed by atoms with E-state index >= 15 is 0 Å². The van der Waals surface area contributed by atoms with E-state index in [9.17, 15) is 9.18 Å². The van der Waals surface area contributed by atoms with E-state index < -0.39 is 11.7 Å². The van der Waals surface area contributed by atoms with Gasteiger partial charge in [-0.15, -0.1) is 0 Å². The molecule has 1 saturated heterocycles. The van der Waals surface area contributed by atoms with Crippen LogP contribution in [0.3, 0.4) is 0 Å². The molecule has 2 aromatic rings. The molecule has 2 aliphatic heterocycles. The average molecular weight is 409 g/mol. The Morgan fingerprint density at radius 3 is 2.53 bits per heavy atom. The fourth-order valence-electron chi connectivity index (χ4n) is 4.90. The van der Waals surface area contributed by atoms with Crippen molar-refractivity contribution in [2.45, 2.75) is 52.2 Å². The Kier molecular flexibility index (Phi) is 5.41. The molecule has 158 valence electrons. The second-order valence-corrected chi connectivity index (χ2v) is 8.66. The number of ether oxygens (including phenoxy) is 2. The summed E-state index contributed by atoms with van der Waals surface area (Å²) < 4.78 is 25.8. The predicted octanol–water partition coefficient (Wildman–Crippen LogP) is 5.53. The van der Waals surface area contributed by atoms with Crippen molar-refractivity contribution in [3.63, 3.8) is 0 Å². The van der Waals surface area contributed by atoms with Gasteiger partial charge in [-0.1, -0.05) is 31.2 Å². The highest BCUT2D eigenvalue weighted by Gasteiger charge is 2.54. The van der Waals surface area contributed by atoms with Gasteiger partial charge < -0.3 is 9.47 Å². The lowest BCUT2D eigenvalue weighted by atomic mass is 9.79. The Balaban J connectivity index is 1.87. The Morgan fingerprint density at radius 2 is 1.87 bits per heavy atom. The van der Waals surface area contributed by atoms with Crippen molar-refractivity contribution in [2.24, 2.45) is 5.92 Å². The predicted molar refractivity (Wildman–Crippen MR) is 117 cm³/mol. The number of halogens is 1. The minimum atomic E-state index is -0.513. The Morgan fingerprint density at radius 1 is 1.17 bits per heavy atom. The third kappa shape index (κ3) is 3.23. The lowest BCUT2D eigenvalue weighted by Gasteiger charge is -2.36. The number of fused-ring (bicyclic) bond motifs is 2. The minimum Gasteiger partial charge on any atom is -0.384 e. The summed E-state index contributed by atoms with van der Waals surface area (Å²) in [5, 5.41) is 0. The van der Waals surface area contributed by atoms with Crippen molar-refractivity contribution in [1.29, 1.82) is 0 Å². The summed E-state index contributed by atoms with van der Waals surface area (Å²) in [4.78, 5) is 13.4. The van der Waals surface area contributed by atoms with Gasteiger partial charge in [0, 0.05) is 18.6 Å². The van der Waals surface area contributed by atoms with E-state index in [0.29, 0.717) is 18.6 Å². The highest BCUT2D eigenvalue weighted by Crippen LogP contribution is 2.49. The molecule has 2 aromatic carbocycles. The molecule has 0 radical (unpaired) electrons.